The predicted octanol–water partition coefficient (Wildman–Crippen LogP) is -6.42. The van der Waals surface area contributed by atoms with Crippen molar-refractivity contribution in [3.63, 3.8) is 0 Å². The summed E-state index contributed by atoms with van der Waals surface area (Å²) in [5.74, 6) is 0. The molecule has 0 aromatic carbocycles. The summed E-state index contributed by atoms with van der Waals surface area (Å²) in [6, 6.07) is 0. The lowest BCUT2D eigenvalue weighted by Gasteiger charge is -2.47. The fourth-order valence-electron chi connectivity index (χ4n) is 4.79. The third-order valence-corrected chi connectivity index (χ3v) is 7.18. The minimum absolute atomic E-state index is 0.103. The first-order chi connectivity index (χ1) is 19.1. The Morgan fingerprint density at radius 3 is 1.82 bits per heavy atom. The van der Waals surface area contributed by atoms with Gasteiger partial charge in [0.15, 0.2) is 18.9 Å². The summed E-state index contributed by atoms with van der Waals surface area (Å²) in [7, 11) is 0. The van der Waals surface area contributed by atoms with Crippen LogP contribution in [0.5, 0.6) is 0 Å². The minimum atomic E-state index is -1.84. The summed E-state index contributed by atoms with van der Waals surface area (Å²) in [5, 5.41) is 101. The molecule has 17 nitrogen and oxygen atoms in total. The molecule has 3 fully saturated rings. The van der Waals surface area contributed by atoms with Crippen molar-refractivity contribution in [1.29, 1.82) is 0 Å². The fraction of sp³-hybridized carbons (Fsp3) is 1.00. The van der Waals surface area contributed by atoms with Crippen molar-refractivity contribution < 1.29 is 79.5 Å². The fourth-order valence-corrected chi connectivity index (χ4v) is 4.79. The van der Waals surface area contributed by atoms with E-state index in [1.54, 1.807) is 0 Å². The number of aliphatic hydroxyl groups excluding tert-OH is 10. The first-order valence-electron chi connectivity index (χ1n) is 13.3. The van der Waals surface area contributed by atoms with E-state index in [1.807, 2.05) is 0 Å². The number of hydrogen-bond acceptors (Lipinski definition) is 17. The second-order valence-corrected chi connectivity index (χ2v) is 10.0. The van der Waals surface area contributed by atoms with Gasteiger partial charge < -0.3 is 85.2 Å². The van der Waals surface area contributed by atoms with Crippen LogP contribution in [0.3, 0.4) is 0 Å². The first-order valence-corrected chi connectivity index (χ1v) is 13.3. The Balaban J connectivity index is 1.86. The van der Waals surface area contributed by atoms with Crippen LogP contribution < -0.4 is 5.73 Å². The van der Waals surface area contributed by atoms with Crippen LogP contribution in [0.15, 0.2) is 0 Å². The van der Waals surface area contributed by atoms with Crippen molar-refractivity contribution in [2.75, 3.05) is 33.0 Å². The predicted molar refractivity (Wildman–Crippen MR) is 128 cm³/mol. The molecular formula is C23H43NO16. The second-order valence-electron chi connectivity index (χ2n) is 10.0. The number of unbranched alkanes of at least 4 members (excludes halogenated alkanes) is 2. The van der Waals surface area contributed by atoms with Gasteiger partial charge in [0, 0.05) is 6.61 Å². The maximum atomic E-state index is 11.0. The van der Waals surface area contributed by atoms with E-state index in [-0.39, 0.29) is 6.61 Å². The maximum Gasteiger partial charge on any atom is 0.187 e. The Kier molecular flexibility index (Phi) is 13.3. The molecule has 17 heteroatoms. The topological polar surface area (TPSA) is 284 Å². The van der Waals surface area contributed by atoms with Gasteiger partial charge in [0.1, 0.15) is 73.2 Å². The molecule has 3 saturated heterocycles. The van der Waals surface area contributed by atoms with E-state index in [0.717, 1.165) is 6.42 Å². The number of nitrogens with two attached hydrogens (primary N) is 1. The van der Waals surface area contributed by atoms with Crippen LogP contribution in [0.4, 0.5) is 0 Å². The Hall–Kier alpha value is -0.680. The lowest BCUT2D eigenvalue weighted by Crippen LogP contribution is -2.65. The monoisotopic (exact) mass is 589 g/mol. The zero-order chi connectivity index (χ0) is 29.6. The van der Waals surface area contributed by atoms with E-state index < -0.39 is 112 Å². The molecule has 3 rings (SSSR count). The molecule has 3 aliphatic rings. The molecule has 0 bridgehead atoms. The van der Waals surface area contributed by atoms with E-state index in [2.05, 4.69) is 0 Å². The highest BCUT2D eigenvalue weighted by Gasteiger charge is 2.55. The molecule has 15 atom stereocenters. The average Bonchev–Trinajstić information content (AvgIpc) is 3.23. The Bertz CT molecular complexity index is 737. The van der Waals surface area contributed by atoms with Crippen LogP contribution in [-0.4, -0.2) is 176 Å². The molecule has 12 N–H and O–H groups in total. The van der Waals surface area contributed by atoms with Crippen molar-refractivity contribution >= 4 is 0 Å². The number of hydrogen-bond donors (Lipinski definition) is 11. The van der Waals surface area contributed by atoms with Gasteiger partial charge in [-0.25, -0.2) is 0 Å². The van der Waals surface area contributed by atoms with E-state index in [1.165, 1.54) is 0 Å². The third-order valence-electron chi connectivity index (χ3n) is 7.18. The number of ether oxygens (including phenoxy) is 6. The molecule has 0 aliphatic carbocycles. The highest BCUT2D eigenvalue weighted by molar-refractivity contribution is 4.97. The molecule has 236 valence electrons. The van der Waals surface area contributed by atoms with Gasteiger partial charge in [-0.3, -0.25) is 0 Å². The van der Waals surface area contributed by atoms with Gasteiger partial charge in [-0.1, -0.05) is 0 Å². The smallest absolute Gasteiger partial charge is 0.187 e. The van der Waals surface area contributed by atoms with Crippen molar-refractivity contribution in [2.45, 2.75) is 111 Å². The largest absolute Gasteiger partial charge is 0.394 e. The molecule has 3 heterocycles. The van der Waals surface area contributed by atoms with Gasteiger partial charge in [-0.15, -0.1) is 0 Å². The summed E-state index contributed by atoms with van der Waals surface area (Å²) >= 11 is 0. The quantitative estimate of drug-likeness (QED) is 0.0840. The summed E-state index contributed by atoms with van der Waals surface area (Å²) < 4.78 is 34.0. The van der Waals surface area contributed by atoms with Crippen molar-refractivity contribution in [1.82, 2.24) is 0 Å². The standard InChI is InChI=1S/C23H43NO16/c24-4-2-1-3-5-35-23-20(40-21-16(33)14(31)12(29)10(7-26)36-21)19(13(30)11(8-27)37-23)39-22-17(34)15(32)18(38-22)9(28)6-25/h9-23,25-34H,1-8,24H2/t9-,10?,11?,12+,13+,14+,15?,16?,17+,18+,19+,20?,21-,22+,23+/m1/s1. The summed E-state index contributed by atoms with van der Waals surface area (Å²) in [6.07, 6.45) is -21.9. The van der Waals surface area contributed by atoms with E-state index >= 15 is 0 Å². The number of rotatable bonds is 14. The molecule has 3 aliphatic heterocycles. The SMILES string of the molecule is NCCCCCO[C@H]1OC(CO)[C@H](O)[C@H](O[C@@H]2O[C@@H]([C@H](O)CO)C(O)[C@@H]2O)C1O[C@H]1OC(CO)[C@H](O)[C@H](O)C1O. The van der Waals surface area contributed by atoms with Crippen LogP contribution in [0.2, 0.25) is 0 Å². The highest BCUT2D eigenvalue weighted by atomic mass is 16.8. The van der Waals surface area contributed by atoms with Gasteiger partial charge in [0.2, 0.25) is 0 Å². The van der Waals surface area contributed by atoms with Crippen LogP contribution in [-0.2, 0) is 28.4 Å². The number of aliphatic hydroxyl groups is 10. The normalized spacial score (nSPS) is 45.1. The Morgan fingerprint density at radius 1 is 0.625 bits per heavy atom. The minimum Gasteiger partial charge on any atom is -0.394 e. The molecule has 0 aromatic rings. The van der Waals surface area contributed by atoms with Gasteiger partial charge in [0.05, 0.1) is 19.8 Å². The molecule has 0 aromatic heterocycles. The van der Waals surface area contributed by atoms with Crippen LogP contribution in [0, 0.1) is 0 Å². The van der Waals surface area contributed by atoms with E-state index in [9.17, 15) is 51.1 Å². The molecule has 0 spiro atoms. The molecule has 0 radical (unpaired) electrons. The van der Waals surface area contributed by atoms with Crippen molar-refractivity contribution in [3.8, 4) is 0 Å². The lowest BCUT2D eigenvalue weighted by atomic mass is 9.97. The lowest BCUT2D eigenvalue weighted by molar-refractivity contribution is -0.380. The van der Waals surface area contributed by atoms with Crippen LogP contribution in [0.25, 0.3) is 0 Å². The third kappa shape index (κ3) is 7.63. The molecule has 0 amide bonds. The van der Waals surface area contributed by atoms with Gasteiger partial charge in [0.25, 0.3) is 0 Å². The summed E-state index contributed by atoms with van der Waals surface area (Å²) in [4.78, 5) is 0. The van der Waals surface area contributed by atoms with Gasteiger partial charge in [-0.05, 0) is 25.8 Å². The second kappa shape index (κ2) is 15.7. The molecular weight excluding hydrogens is 546 g/mol. The molecule has 5 unspecified atom stereocenters. The summed E-state index contributed by atoms with van der Waals surface area (Å²) in [5.41, 5.74) is 5.51. The van der Waals surface area contributed by atoms with E-state index in [4.69, 9.17) is 34.2 Å². The average molecular weight is 590 g/mol. The Labute approximate surface area is 230 Å². The maximum absolute atomic E-state index is 11.0. The van der Waals surface area contributed by atoms with Crippen molar-refractivity contribution in [2.24, 2.45) is 5.73 Å². The zero-order valence-electron chi connectivity index (χ0n) is 21.8. The molecule has 0 saturated carbocycles. The zero-order valence-corrected chi connectivity index (χ0v) is 21.8. The van der Waals surface area contributed by atoms with E-state index in [0.29, 0.717) is 19.4 Å². The first kappa shape index (κ1) is 33.8. The van der Waals surface area contributed by atoms with Gasteiger partial charge >= 0.3 is 0 Å². The molecule has 40 heavy (non-hydrogen) atoms. The summed E-state index contributed by atoms with van der Waals surface area (Å²) in [6.45, 7) is -1.66. The highest BCUT2D eigenvalue weighted by Crippen LogP contribution is 2.34. The van der Waals surface area contributed by atoms with Crippen LogP contribution in [0.1, 0.15) is 19.3 Å². The van der Waals surface area contributed by atoms with Crippen LogP contribution >= 0.6 is 0 Å². The van der Waals surface area contributed by atoms with Crippen molar-refractivity contribution in [3.05, 3.63) is 0 Å². The Morgan fingerprint density at radius 2 is 1.20 bits per heavy atom. The van der Waals surface area contributed by atoms with Gasteiger partial charge in [-0.2, -0.15) is 0 Å².